The summed E-state index contributed by atoms with van der Waals surface area (Å²) in [5.41, 5.74) is -4.00. The molecule has 0 aliphatic carbocycles. The van der Waals surface area contributed by atoms with Gasteiger partial charge in [0, 0.05) is 44.1 Å². The van der Waals surface area contributed by atoms with E-state index in [4.69, 9.17) is 4.74 Å². The number of pyridine rings is 1. The zero-order valence-corrected chi connectivity index (χ0v) is 23.6. The van der Waals surface area contributed by atoms with Gasteiger partial charge >= 0.3 is 12.4 Å². The van der Waals surface area contributed by atoms with Gasteiger partial charge in [0.15, 0.2) is 5.69 Å². The van der Waals surface area contributed by atoms with Crippen molar-refractivity contribution >= 4 is 16.0 Å². The Morgan fingerprint density at radius 3 is 2.33 bits per heavy atom. The highest BCUT2D eigenvalue weighted by atomic mass is 32.2. The van der Waals surface area contributed by atoms with Gasteiger partial charge in [-0.05, 0) is 33.0 Å². The van der Waals surface area contributed by atoms with E-state index in [0.717, 1.165) is 29.4 Å². The van der Waals surface area contributed by atoms with E-state index >= 15 is 0 Å². The quantitative estimate of drug-likeness (QED) is 0.358. The molecule has 0 unspecified atom stereocenters. The molecule has 0 atom stereocenters. The van der Waals surface area contributed by atoms with Gasteiger partial charge in [-0.1, -0.05) is 0 Å². The molecule has 0 aromatic carbocycles. The molecule has 3 aromatic heterocycles. The van der Waals surface area contributed by atoms with Gasteiger partial charge in [0.05, 0.1) is 11.9 Å². The summed E-state index contributed by atoms with van der Waals surface area (Å²) in [6.07, 6.45) is -5.48. The minimum Gasteiger partial charge on any atom is -0.476 e. The van der Waals surface area contributed by atoms with Crippen LogP contribution in [0.5, 0.6) is 5.88 Å². The highest BCUT2D eigenvalue weighted by Crippen LogP contribution is 2.37. The maximum absolute atomic E-state index is 13.9. The van der Waals surface area contributed by atoms with Gasteiger partial charge in [0.25, 0.3) is 0 Å². The summed E-state index contributed by atoms with van der Waals surface area (Å²) in [5.74, 6) is -0.427. The first-order valence-electron chi connectivity index (χ1n) is 12.6. The molecule has 1 aliphatic heterocycles. The van der Waals surface area contributed by atoms with Gasteiger partial charge in [-0.2, -0.15) is 26.3 Å². The molecule has 4 heterocycles. The number of hydrogen-bond donors (Lipinski definition) is 1. The van der Waals surface area contributed by atoms with Crippen LogP contribution in [0.4, 0.5) is 32.3 Å². The van der Waals surface area contributed by atoms with Gasteiger partial charge in [0.1, 0.15) is 29.9 Å². The second-order valence-corrected chi connectivity index (χ2v) is 11.8. The Kier molecular flexibility index (Phi) is 8.98. The molecule has 3 aromatic rings. The number of halogens is 6. The monoisotopic (exact) mass is 622 g/mol. The van der Waals surface area contributed by atoms with E-state index in [1.165, 1.54) is 10.4 Å². The van der Waals surface area contributed by atoms with E-state index in [9.17, 15) is 34.8 Å². The van der Waals surface area contributed by atoms with Crippen LogP contribution in [0.3, 0.4) is 0 Å². The van der Waals surface area contributed by atoms with Gasteiger partial charge in [0.2, 0.25) is 21.9 Å². The lowest BCUT2D eigenvalue weighted by Crippen LogP contribution is -2.42. The number of sulfonamides is 1. The number of imidazole rings is 1. The van der Waals surface area contributed by atoms with Crippen LogP contribution in [0.2, 0.25) is 0 Å². The Labute approximate surface area is 237 Å². The van der Waals surface area contributed by atoms with Crippen molar-refractivity contribution in [1.82, 2.24) is 33.7 Å². The molecule has 4 rings (SSSR count). The van der Waals surface area contributed by atoms with Crippen molar-refractivity contribution in [2.24, 2.45) is 0 Å². The predicted octanol–water partition coefficient (Wildman–Crippen LogP) is 3.54. The van der Waals surface area contributed by atoms with Crippen molar-refractivity contribution in [2.45, 2.75) is 31.2 Å². The molecular weight excluding hydrogens is 594 g/mol. The fourth-order valence-electron chi connectivity index (χ4n) is 4.21. The van der Waals surface area contributed by atoms with Crippen LogP contribution in [-0.4, -0.2) is 94.8 Å². The molecule has 0 spiro atoms. The molecule has 0 bridgehead atoms. The molecule has 1 saturated heterocycles. The maximum Gasteiger partial charge on any atom is 0.435 e. The SMILES string of the molecule is CN(C)CCOc1ccc(-n2cnc(-c3nc(NC4CCN(S(C)(=O)=O)CC4)ncc3C(F)(F)F)c2)c(C(F)(F)F)n1. The molecule has 230 valence electrons. The zero-order valence-electron chi connectivity index (χ0n) is 22.7. The highest BCUT2D eigenvalue weighted by Gasteiger charge is 2.38. The summed E-state index contributed by atoms with van der Waals surface area (Å²) >= 11 is 0. The van der Waals surface area contributed by atoms with Crippen molar-refractivity contribution in [3.63, 3.8) is 0 Å². The number of ether oxygens (including phenoxy) is 1. The van der Waals surface area contributed by atoms with Crippen molar-refractivity contribution in [3.8, 4) is 23.0 Å². The van der Waals surface area contributed by atoms with Crippen LogP contribution in [0.1, 0.15) is 24.1 Å². The number of likely N-dealkylation sites (N-methyl/N-ethyl adjacent to an activating group) is 1. The van der Waals surface area contributed by atoms with Gasteiger partial charge in [-0.3, -0.25) is 0 Å². The number of nitrogens with one attached hydrogen (secondary N) is 1. The van der Waals surface area contributed by atoms with Crippen molar-refractivity contribution in [3.05, 3.63) is 42.1 Å². The molecular formula is C24H28F6N8O3S. The number of rotatable bonds is 9. The minimum absolute atomic E-state index is 0.0903. The number of hydrogen-bond acceptors (Lipinski definition) is 9. The Hall–Kier alpha value is -3.51. The predicted molar refractivity (Wildman–Crippen MR) is 139 cm³/mol. The van der Waals surface area contributed by atoms with Crippen LogP contribution in [0.15, 0.2) is 30.9 Å². The Morgan fingerprint density at radius 1 is 1.05 bits per heavy atom. The molecule has 1 N–H and O–H groups in total. The normalized spacial score (nSPS) is 15.8. The first-order valence-corrected chi connectivity index (χ1v) is 14.4. The topological polar surface area (TPSA) is 118 Å². The van der Waals surface area contributed by atoms with Crippen LogP contribution in [-0.2, 0) is 22.4 Å². The standard InChI is InChI=1S/C24H28F6N8O3S/c1-36(2)10-11-41-19-5-4-18(21(34-19)24(28,29)30)37-13-17(32-14-37)20-16(23(25,26)27)12-31-22(35-20)33-15-6-8-38(9-7-15)42(3,39)40/h4-5,12-15H,6-11H2,1-3H3,(H,31,33,35). The highest BCUT2D eigenvalue weighted by molar-refractivity contribution is 7.88. The van der Waals surface area contributed by atoms with Crippen molar-refractivity contribution < 1.29 is 39.5 Å². The lowest BCUT2D eigenvalue weighted by atomic mass is 10.1. The Morgan fingerprint density at radius 2 is 1.74 bits per heavy atom. The Balaban J connectivity index is 1.63. The van der Waals surface area contributed by atoms with Crippen molar-refractivity contribution in [1.29, 1.82) is 0 Å². The largest absolute Gasteiger partial charge is 0.476 e. The molecule has 0 saturated carbocycles. The molecule has 1 aliphatic rings. The molecule has 1 fully saturated rings. The van der Waals surface area contributed by atoms with Crippen LogP contribution < -0.4 is 10.1 Å². The third kappa shape index (κ3) is 7.65. The average Bonchev–Trinajstić information content (AvgIpc) is 3.37. The molecule has 0 radical (unpaired) electrons. The number of aromatic nitrogens is 5. The maximum atomic E-state index is 13.9. The first-order chi connectivity index (χ1) is 19.5. The average molecular weight is 623 g/mol. The molecule has 0 amide bonds. The molecule has 42 heavy (non-hydrogen) atoms. The van der Waals surface area contributed by atoms with E-state index in [1.54, 1.807) is 19.0 Å². The fraction of sp³-hybridized carbons (Fsp3) is 0.500. The second kappa shape index (κ2) is 12.0. The number of piperidine rings is 1. The van der Waals surface area contributed by atoms with E-state index in [0.29, 0.717) is 25.6 Å². The second-order valence-electron chi connectivity index (χ2n) is 9.87. The van der Waals surface area contributed by atoms with Crippen LogP contribution >= 0.6 is 0 Å². The van der Waals surface area contributed by atoms with E-state index < -0.39 is 45.0 Å². The minimum atomic E-state index is -4.91. The third-order valence-electron chi connectivity index (χ3n) is 6.36. The smallest absolute Gasteiger partial charge is 0.435 e. The van der Waals surface area contributed by atoms with E-state index in [2.05, 4.69) is 25.3 Å². The lowest BCUT2D eigenvalue weighted by Gasteiger charge is -2.30. The van der Waals surface area contributed by atoms with E-state index in [-0.39, 0.29) is 43.3 Å². The number of anilines is 1. The van der Waals surface area contributed by atoms with E-state index in [1.807, 2.05) is 0 Å². The number of nitrogens with zero attached hydrogens (tertiary/aromatic N) is 7. The summed E-state index contributed by atoms with van der Waals surface area (Å²) in [5, 5.41) is 2.92. The summed E-state index contributed by atoms with van der Waals surface area (Å²) in [6.45, 7) is 0.951. The van der Waals surface area contributed by atoms with Crippen molar-refractivity contribution in [2.75, 3.05) is 51.9 Å². The van der Waals surface area contributed by atoms with Gasteiger partial charge in [-0.25, -0.2) is 32.7 Å². The first kappa shape index (κ1) is 31.4. The lowest BCUT2D eigenvalue weighted by molar-refractivity contribution is -0.141. The molecule has 11 nitrogen and oxygen atoms in total. The van der Waals surface area contributed by atoms with Crippen LogP contribution in [0, 0.1) is 0 Å². The Bertz CT molecular complexity index is 1500. The van der Waals surface area contributed by atoms with Gasteiger partial charge < -0.3 is 19.5 Å². The zero-order chi connectivity index (χ0) is 30.9. The third-order valence-corrected chi connectivity index (χ3v) is 7.66. The van der Waals surface area contributed by atoms with Crippen LogP contribution in [0.25, 0.3) is 17.1 Å². The number of alkyl halides is 6. The van der Waals surface area contributed by atoms with Gasteiger partial charge in [-0.15, -0.1) is 0 Å². The summed E-state index contributed by atoms with van der Waals surface area (Å²) < 4.78 is 114. The summed E-state index contributed by atoms with van der Waals surface area (Å²) in [4.78, 5) is 17.0. The summed E-state index contributed by atoms with van der Waals surface area (Å²) in [6, 6.07) is 2.00. The fourth-order valence-corrected chi connectivity index (χ4v) is 5.08. The molecule has 18 heteroatoms. The summed E-state index contributed by atoms with van der Waals surface area (Å²) in [7, 11) is 0.159.